The van der Waals surface area contributed by atoms with Crippen LogP contribution >= 0.6 is 22.6 Å². The molecule has 0 saturated carbocycles. The maximum atomic E-state index is 6.11. The van der Waals surface area contributed by atoms with Crippen LogP contribution in [0.3, 0.4) is 0 Å². The van der Waals surface area contributed by atoms with Crippen molar-refractivity contribution in [2.75, 3.05) is 0 Å². The van der Waals surface area contributed by atoms with Crippen molar-refractivity contribution in [3.05, 3.63) is 33.4 Å². The molecular weight excluding hydrogens is 285 g/mol. The summed E-state index contributed by atoms with van der Waals surface area (Å²) in [5, 5.41) is 0. The van der Waals surface area contributed by atoms with Crippen LogP contribution in [0.5, 0.6) is 0 Å². The summed E-state index contributed by atoms with van der Waals surface area (Å²) in [5.41, 5.74) is 7.37. The Hall–Kier alpha value is -0.0900. The zero-order valence-electron chi connectivity index (χ0n) is 8.83. The van der Waals surface area contributed by atoms with Crippen molar-refractivity contribution in [1.29, 1.82) is 0 Å². The first-order valence-corrected chi connectivity index (χ1v) is 6.18. The summed E-state index contributed by atoms with van der Waals surface area (Å²) in [6, 6.07) is 8.66. The lowest BCUT2D eigenvalue weighted by Gasteiger charge is -2.13. The molecule has 1 rings (SSSR count). The van der Waals surface area contributed by atoms with Crippen LogP contribution in [-0.2, 0) is 0 Å². The molecule has 2 N–H and O–H groups in total. The number of halogens is 1. The minimum absolute atomic E-state index is 0.201. The average molecular weight is 303 g/mol. The Morgan fingerprint density at radius 3 is 2.57 bits per heavy atom. The molecule has 78 valence electrons. The second-order valence-electron chi connectivity index (χ2n) is 4.13. The fourth-order valence-electron chi connectivity index (χ4n) is 1.42. The lowest BCUT2D eigenvalue weighted by atomic mass is 9.98. The van der Waals surface area contributed by atoms with E-state index in [1.807, 2.05) is 0 Å². The molecule has 1 atom stereocenters. The molecular formula is C12H18IN. The van der Waals surface area contributed by atoms with Gasteiger partial charge in [-0.1, -0.05) is 26.0 Å². The third-order valence-electron chi connectivity index (χ3n) is 2.33. The topological polar surface area (TPSA) is 26.0 Å². The molecule has 14 heavy (non-hydrogen) atoms. The standard InChI is InChI=1S/C12H18IN/c1-9(2)6-7-12(14)10-4-3-5-11(13)8-10/h3-5,8-9,12H,6-7,14H2,1-2H3/t12-/m0/s1. The minimum atomic E-state index is 0.201. The lowest BCUT2D eigenvalue weighted by molar-refractivity contribution is 0.507. The quantitative estimate of drug-likeness (QED) is 0.843. The normalized spacial score (nSPS) is 13.2. The number of hydrogen-bond acceptors (Lipinski definition) is 1. The first kappa shape index (κ1) is 12.0. The highest BCUT2D eigenvalue weighted by Gasteiger charge is 2.06. The van der Waals surface area contributed by atoms with E-state index in [-0.39, 0.29) is 6.04 Å². The summed E-state index contributed by atoms with van der Waals surface area (Å²) in [5.74, 6) is 0.740. The zero-order chi connectivity index (χ0) is 10.6. The molecule has 0 aliphatic rings. The van der Waals surface area contributed by atoms with Crippen LogP contribution in [0.2, 0.25) is 0 Å². The van der Waals surface area contributed by atoms with Crippen LogP contribution in [0, 0.1) is 9.49 Å². The van der Waals surface area contributed by atoms with Crippen LogP contribution in [0.25, 0.3) is 0 Å². The summed E-state index contributed by atoms with van der Waals surface area (Å²) >= 11 is 2.33. The molecule has 0 fully saturated rings. The van der Waals surface area contributed by atoms with E-state index < -0.39 is 0 Å². The molecule has 0 unspecified atom stereocenters. The maximum absolute atomic E-state index is 6.11. The van der Waals surface area contributed by atoms with Crippen LogP contribution < -0.4 is 5.73 Å². The number of benzene rings is 1. The highest BCUT2D eigenvalue weighted by atomic mass is 127. The number of rotatable bonds is 4. The van der Waals surface area contributed by atoms with Gasteiger partial charge in [0.05, 0.1) is 0 Å². The first-order chi connectivity index (χ1) is 6.59. The summed E-state index contributed by atoms with van der Waals surface area (Å²) in [4.78, 5) is 0. The highest BCUT2D eigenvalue weighted by molar-refractivity contribution is 14.1. The monoisotopic (exact) mass is 303 g/mol. The Bertz CT molecular complexity index is 283. The van der Waals surface area contributed by atoms with E-state index >= 15 is 0 Å². The van der Waals surface area contributed by atoms with Gasteiger partial charge in [0.1, 0.15) is 0 Å². The van der Waals surface area contributed by atoms with Crippen molar-refractivity contribution in [3.63, 3.8) is 0 Å². The summed E-state index contributed by atoms with van der Waals surface area (Å²) in [6.07, 6.45) is 2.28. The number of hydrogen-bond donors (Lipinski definition) is 1. The lowest BCUT2D eigenvalue weighted by Crippen LogP contribution is -2.11. The summed E-state index contributed by atoms with van der Waals surface area (Å²) in [7, 11) is 0. The van der Waals surface area contributed by atoms with E-state index in [4.69, 9.17) is 5.73 Å². The largest absolute Gasteiger partial charge is 0.324 e. The third kappa shape index (κ3) is 3.96. The Kier molecular flexibility index (Phi) is 4.89. The van der Waals surface area contributed by atoms with Crippen LogP contribution in [0.1, 0.15) is 38.3 Å². The van der Waals surface area contributed by atoms with Gasteiger partial charge in [0.2, 0.25) is 0 Å². The molecule has 0 aliphatic carbocycles. The summed E-state index contributed by atoms with van der Waals surface area (Å²) in [6.45, 7) is 4.48. The van der Waals surface area contributed by atoms with Crippen molar-refractivity contribution >= 4 is 22.6 Å². The van der Waals surface area contributed by atoms with Crippen molar-refractivity contribution in [2.45, 2.75) is 32.7 Å². The van der Waals surface area contributed by atoms with E-state index in [1.165, 1.54) is 15.6 Å². The molecule has 0 heterocycles. The fraction of sp³-hybridized carbons (Fsp3) is 0.500. The van der Waals surface area contributed by atoms with E-state index in [2.05, 4.69) is 60.7 Å². The predicted octanol–water partition coefficient (Wildman–Crippen LogP) is 3.73. The molecule has 0 amide bonds. The molecule has 0 spiro atoms. The van der Waals surface area contributed by atoms with E-state index in [0.29, 0.717) is 0 Å². The molecule has 0 aliphatic heterocycles. The summed E-state index contributed by atoms with van der Waals surface area (Å²) < 4.78 is 1.26. The SMILES string of the molecule is CC(C)CC[C@H](N)c1cccc(I)c1. The van der Waals surface area contributed by atoms with E-state index in [0.717, 1.165) is 12.3 Å². The van der Waals surface area contributed by atoms with Crippen molar-refractivity contribution in [1.82, 2.24) is 0 Å². The van der Waals surface area contributed by atoms with Gasteiger partial charge in [-0.25, -0.2) is 0 Å². The Morgan fingerprint density at radius 2 is 2.00 bits per heavy atom. The molecule has 1 aromatic carbocycles. The van der Waals surface area contributed by atoms with Crippen LogP contribution in [0.4, 0.5) is 0 Å². The minimum Gasteiger partial charge on any atom is -0.324 e. The van der Waals surface area contributed by atoms with Crippen LogP contribution in [-0.4, -0.2) is 0 Å². The van der Waals surface area contributed by atoms with Gasteiger partial charge in [-0.05, 0) is 59.0 Å². The second kappa shape index (κ2) is 5.71. The fourth-order valence-corrected chi connectivity index (χ4v) is 1.98. The van der Waals surface area contributed by atoms with Crippen molar-refractivity contribution in [3.8, 4) is 0 Å². The van der Waals surface area contributed by atoms with Gasteiger partial charge in [-0.3, -0.25) is 0 Å². The molecule has 0 saturated heterocycles. The van der Waals surface area contributed by atoms with E-state index in [9.17, 15) is 0 Å². The average Bonchev–Trinajstić information content (AvgIpc) is 2.14. The predicted molar refractivity (Wildman–Crippen MR) is 70.2 cm³/mol. The zero-order valence-corrected chi connectivity index (χ0v) is 11.0. The number of nitrogens with two attached hydrogens (primary N) is 1. The van der Waals surface area contributed by atoms with Gasteiger partial charge in [0.25, 0.3) is 0 Å². The smallest absolute Gasteiger partial charge is 0.0295 e. The third-order valence-corrected chi connectivity index (χ3v) is 3.00. The molecule has 0 radical (unpaired) electrons. The molecule has 2 heteroatoms. The Balaban J connectivity index is 2.56. The second-order valence-corrected chi connectivity index (χ2v) is 5.38. The molecule has 0 aromatic heterocycles. The van der Waals surface area contributed by atoms with E-state index in [1.54, 1.807) is 0 Å². The molecule has 1 aromatic rings. The molecule has 0 bridgehead atoms. The Morgan fingerprint density at radius 1 is 1.29 bits per heavy atom. The van der Waals surface area contributed by atoms with Crippen molar-refractivity contribution in [2.24, 2.45) is 11.7 Å². The van der Waals surface area contributed by atoms with Gasteiger partial charge >= 0.3 is 0 Å². The van der Waals surface area contributed by atoms with Gasteiger partial charge in [0, 0.05) is 9.61 Å². The molecule has 1 nitrogen and oxygen atoms in total. The van der Waals surface area contributed by atoms with Crippen molar-refractivity contribution < 1.29 is 0 Å². The Labute approximate surface area is 100 Å². The van der Waals surface area contributed by atoms with Gasteiger partial charge in [-0.15, -0.1) is 0 Å². The van der Waals surface area contributed by atoms with Gasteiger partial charge in [0.15, 0.2) is 0 Å². The first-order valence-electron chi connectivity index (χ1n) is 5.10. The van der Waals surface area contributed by atoms with Gasteiger partial charge < -0.3 is 5.73 Å². The highest BCUT2D eigenvalue weighted by Crippen LogP contribution is 2.20. The van der Waals surface area contributed by atoms with Crippen LogP contribution in [0.15, 0.2) is 24.3 Å². The van der Waals surface area contributed by atoms with Gasteiger partial charge in [-0.2, -0.15) is 0 Å². The maximum Gasteiger partial charge on any atom is 0.0295 e.